The van der Waals surface area contributed by atoms with E-state index in [1.807, 2.05) is 27.7 Å². The molecule has 4 rings (SSSR count). The molecule has 2 saturated heterocycles. The number of sulfonamides is 1. The molecule has 41 heavy (non-hydrogen) atoms. The zero-order valence-electron chi connectivity index (χ0n) is 23.9. The summed E-state index contributed by atoms with van der Waals surface area (Å²) < 4.78 is 66.8. The number of phosphoric acid groups is 1. The van der Waals surface area contributed by atoms with Crippen LogP contribution in [0.5, 0.6) is 0 Å². The molecule has 2 aromatic rings. The summed E-state index contributed by atoms with van der Waals surface area (Å²) in [5, 5.41) is 1.20. The Bertz CT molecular complexity index is 1390. The molecule has 4 heterocycles. The summed E-state index contributed by atoms with van der Waals surface area (Å²) in [7, 11) is -5.93. The van der Waals surface area contributed by atoms with E-state index >= 15 is 0 Å². The van der Waals surface area contributed by atoms with Crippen LogP contribution in [-0.2, 0) is 42.4 Å². The van der Waals surface area contributed by atoms with Crippen molar-refractivity contribution in [2.45, 2.75) is 52.6 Å². The van der Waals surface area contributed by atoms with Gasteiger partial charge in [-0.15, -0.1) is 4.83 Å². The van der Waals surface area contributed by atoms with Gasteiger partial charge >= 0.3 is 7.82 Å². The summed E-state index contributed by atoms with van der Waals surface area (Å²) in [4.78, 5) is 27.8. The Kier molecular flexibility index (Phi) is 10.1. The van der Waals surface area contributed by atoms with Crippen LogP contribution in [0.4, 0.5) is 5.82 Å². The van der Waals surface area contributed by atoms with Gasteiger partial charge in [-0.25, -0.2) is 27.9 Å². The number of ether oxygens (including phenoxy) is 2. The molecule has 1 N–H and O–H groups in total. The number of aromatic nitrogens is 4. The SMILES string of the molecule is CCCOCC(C)(C)C(=O)SCCOP1(=O)OCC2OC(n3cnc4c(N(C)NS(C)(=O)=O)ncnc43)[C@@H](C)[C@@H]2O1. The topological polar surface area (TPSA) is 173 Å². The van der Waals surface area contributed by atoms with Gasteiger partial charge < -0.3 is 9.47 Å². The van der Waals surface area contributed by atoms with Crippen molar-refractivity contribution in [1.82, 2.24) is 24.4 Å². The summed E-state index contributed by atoms with van der Waals surface area (Å²) in [6.45, 7) is 8.45. The third-order valence-electron chi connectivity index (χ3n) is 6.46. The molecule has 5 atom stereocenters. The number of anilines is 1. The average molecular weight is 637 g/mol. The number of imidazole rings is 1. The largest absolute Gasteiger partial charge is 0.475 e. The first kappa shape index (κ1) is 32.2. The number of nitrogens with one attached hydrogen (secondary N) is 1. The number of nitrogens with zero attached hydrogens (tertiary/aromatic N) is 5. The Morgan fingerprint density at radius 2 is 2.07 bits per heavy atom. The van der Waals surface area contributed by atoms with Crippen LogP contribution >= 0.6 is 19.6 Å². The maximum atomic E-state index is 13.2. The molecule has 2 aliphatic rings. The monoisotopic (exact) mass is 636 g/mol. The van der Waals surface area contributed by atoms with Crippen molar-refractivity contribution in [1.29, 1.82) is 0 Å². The van der Waals surface area contributed by atoms with Crippen LogP contribution in [0.25, 0.3) is 11.2 Å². The second-order valence-electron chi connectivity index (χ2n) is 10.6. The first-order chi connectivity index (χ1) is 19.2. The van der Waals surface area contributed by atoms with E-state index in [0.29, 0.717) is 24.4 Å². The first-order valence-electron chi connectivity index (χ1n) is 13.1. The number of rotatable bonds is 13. The Hall–Kier alpha value is -1.69. The van der Waals surface area contributed by atoms with Gasteiger partial charge in [-0.05, 0) is 20.3 Å². The lowest BCUT2D eigenvalue weighted by atomic mass is 9.97. The highest BCUT2D eigenvalue weighted by Crippen LogP contribution is 2.58. The highest BCUT2D eigenvalue weighted by molar-refractivity contribution is 8.13. The molecule has 0 bridgehead atoms. The van der Waals surface area contributed by atoms with Crippen LogP contribution in [-0.4, -0.2) is 90.7 Å². The molecule has 0 saturated carbocycles. The van der Waals surface area contributed by atoms with Gasteiger partial charge in [-0.3, -0.25) is 27.9 Å². The van der Waals surface area contributed by atoms with Gasteiger partial charge in [0.25, 0.3) is 0 Å². The average Bonchev–Trinajstić information content (AvgIpc) is 3.46. The zero-order chi connectivity index (χ0) is 30.0. The number of fused-ring (bicyclic) bond motifs is 2. The van der Waals surface area contributed by atoms with E-state index in [0.717, 1.165) is 24.4 Å². The maximum absolute atomic E-state index is 13.2. The van der Waals surface area contributed by atoms with E-state index in [2.05, 4.69) is 19.8 Å². The molecule has 0 radical (unpaired) electrons. The minimum Gasteiger partial charge on any atom is -0.380 e. The first-order valence-corrected chi connectivity index (χ1v) is 17.4. The Morgan fingerprint density at radius 1 is 1.32 bits per heavy atom. The van der Waals surface area contributed by atoms with Gasteiger partial charge in [0.2, 0.25) is 10.0 Å². The van der Waals surface area contributed by atoms with Crippen molar-refractivity contribution in [3.63, 3.8) is 0 Å². The van der Waals surface area contributed by atoms with Crippen molar-refractivity contribution >= 4 is 51.7 Å². The summed E-state index contributed by atoms with van der Waals surface area (Å²) in [6.07, 6.45) is 3.02. The molecule has 0 aromatic carbocycles. The summed E-state index contributed by atoms with van der Waals surface area (Å²) in [5.74, 6) is 0.234. The van der Waals surface area contributed by atoms with Crippen LogP contribution in [0.1, 0.15) is 40.3 Å². The van der Waals surface area contributed by atoms with E-state index in [9.17, 15) is 17.8 Å². The standard InChI is InChI=1S/C23H37N6O9PS2/c1-7-8-34-12-23(3,4)22(30)40-10-9-35-39(31)36-11-16-18(38-39)15(2)21(37-16)29-14-26-17-19(24-13-25-20(17)29)28(5)27-41(6,32)33/h13-16,18,21,27H,7-12H2,1-6H3/t15-,16?,18-,21?,39?/m0/s1. The van der Waals surface area contributed by atoms with Crippen LogP contribution in [0, 0.1) is 11.3 Å². The number of carbonyl (C=O) groups excluding carboxylic acids is 1. The number of thioether (sulfide) groups is 1. The molecule has 0 spiro atoms. The second-order valence-corrected chi connectivity index (χ2v) is 15.0. The van der Waals surface area contributed by atoms with Crippen molar-refractivity contribution in [2.24, 2.45) is 11.3 Å². The zero-order valence-corrected chi connectivity index (χ0v) is 26.4. The van der Waals surface area contributed by atoms with Gasteiger partial charge in [0.05, 0.1) is 37.8 Å². The van der Waals surface area contributed by atoms with Crippen molar-refractivity contribution in [3.05, 3.63) is 12.7 Å². The van der Waals surface area contributed by atoms with Crippen LogP contribution in [0.2, 0.25) is 0 Å². The lowest BCUT2D eigenvalue weighted by Gasteiger charge is -2.31. The Morgan fingerprint density at radius 3 is 2.78 bits per heavy atom. The van der Waals surface area contributed by atoms with E-state index in [-0.39, 0.29) is 35.8 Å². The highest BCUT2D eigenvalue weighted by atomic mass is 32.2. The third-order valence-corrected chi connectivity index (χ3v) is 9.72. The molecule has 15 nitrogen and oxygen atoms in total. The predicted octanol–water partition coefficient (Wildman–Crippen LogP) is 2.51. The molecule has 0 amide bonds. The van der Waals surface area contributed by atoms with Gasteiger partial charge in [-0.1, -0.05) is 25.6 Å². The van der Waals surface area contributed by atoms with Crippen molar-refractivity contribution in [2.75, 3.05) is 50.5 Å². The number of hydrogen-bond acceptors (Lipinski definition) is 14. The van der Waals surface area contributed by atoms with Crippen LogP contribution in [0.3, 0.4) is 0 Å². The molecule has 0 aliphatic carbocycles. The molecular formula is C23H37N6O9PS2. The highest BCUT2D eigenvalue weighted by Gasteiger charge is 2.52. The molecule has 2 fully saturated rings. The van der Waals surface area contributed by atoms with Crippen molar-refractivity contribution < 1.29 is 40.8 Å². The number of hydrazine groups is 1. The van der Waals surface area contributed by atoms with Gasteiger partial charge in [-0.2, -0.15) is 0 Å². The van der Waals surface area contributed by atoms with Crippen molar-refractivity contribution in [3.8, 4) is 0 Å². The maximum Gasteiger partial charge on any atom is 0.475 e. The fraction of sp³-hybridized carbons (Fsp3) is 0.739. The van der Waals surface area contributed by atoms with Gasteiger partial charge in [0.1, 0.15) is 24.8 Å². The quantitative estimate of drug-likeness (QED) is 0.193. The smallest absolute Gasteiger partial charge is 0.380 e. The van der Waals surface area contributed by atoms with E-state index in [1.54, 1.807) is 4.57 Å². The van der Waals surface area contributed by atoms with Crippen LogP contribution in [0.15, 0.2) is 12.7 Å². The third kappa shape index (κ3) is 7.64. The fourth-order valence-electron chi connectivity index (χ4n) is 4.48. The van der Waals surface area contributed by atoms with E-state index in [4.69, 9.17) is 23.0 Å². The van der Waals surface area contributed by atoms with Gasteiger partial charge in [0, 0.05) is 25.3 Å². The number of hydrogen-bond donors (Lipinski definition) is 1. The minimum atomic E-state index is -3.89. The minimum absolute atomic E-state index is 0.00345. The lowest BCUT2D eigenvalue weighted by molar-refractivity contribution is -0.121. The van der Waals surface area contributed by atoms with Gasteiger partial charge in [0.15, 0.2) is 22.1 Å². The molecule has 2 aliphatic heterocycles. The molecule has 230 valence electrons. The second kappa shape index (κ2) is 12.9. The van der Waals surface area contributed by atoms with E-state index in [1.165, 1.54) is 24.7 Å². The number of phosphoric ester groups is 1. The summed E-state index contributed by atoms with van der Waals surface area (Å²) in [6, 6.07) is 0. The lowest BCUT2D eigenvalue weighted by Crippen LogP contribution is -2.39. The molecule has 18 heteroatoms. The normalized spacial score (nSPS) is 26.8. The molecular weight excluding hydrogens is 599 g/mol. The van der Waals surface area contributed by atoms with E-state index < -0.39 is 41.7 Å². The molecule has 3 unspecified atom stereocenters. The molecule has 2 aromatic heterocycles. The Labute approximate surface area is 243 Å². The summed E-state index contributed by atoms with van der Waals surface area (Å²) in [5.41, 5.74) is 0.122. The fourth-order valence-corrected chi connectivity index (χ4v) is 7.46. The Balaban J connectivity index is 1.37. The number of carbonyl (C=O) groups is 1. The summed E-state index contributed by atoms with van der Waals surface area (Å²) >= 11 is 1.09. The van der Waals surface area contributed by atoms with Crippen LogP contribution < -0.4 is 9.84 Å². The predicted molar refractivity (Wildman–Crippen MR) is 152 cm³/mol.